The SMILES string of the molecule is CC(C)(C)c1nc(N2CCCCCC2)sc1C(C)(C)N. The molecule has 0 atom stereocenters. The second kappa shape index (κ2) is 5.64. The Balaban J connectivity index is 2.38. The number of anilines is 1. The van der Waals surface area contributed by atoms with Gasteiger partial charge in [0.2, 0.25) is 0 Å². The maximum absolute atomic E-state index is 6.38. The van der Waals surface area contributed by atoms with Crippen LogP contribution in [0.5, 0.6) is 0 Å². The number of aromatic nitrogens is 1. The summed E-state index contributed by atoms with van der Waals surface area (Å²) in [4.78, 5) is 8.68. The molecule has 114 valence electrons. The van der Waals surface area contributed by atoms with Gasteiger partial charge in [0.15, 0.2) is 5.13 Å². The van der Waals surface area contributed by atoms with Gasteiger partial charge in [-0.15, -0.1) is 0 Å². The first kappa shape index (κ1) is 15.8. The predicted octanol–water partition coefficient (Wildman–Crippen LogP) is 4.01. The number of hydrogen-bond acceptors (Lipinski definition) is 4. The van der Waals surface area contributed by atoms with Gasteiger partial charge in [0.05, 0.1) is 5.69 Å². The van der Waals surface area contributed by atoms with Crippen LogP contribution in [0, 0.1) is 0 Å². The van der Waals surface area contributed by atoms with Crippen LogP contribution in [-0.4, -0.2) is 18.1 Å². The number of rotatable bonds is 2. The van der Waals surface area contributed by atoms with Crippen molar-refractivity contribution >= 4 is 16.5 Å². The van der Waals surface area contributed by atoms with Crippen LogP contribution in [-0.2, 0) is 11.0 Å². The second-order valence-corrected chi connectivity index (χ2v) is 8.52. The van der Waals surface area contributed by atoms with E-state index < -0.39 is 0 Å². The minimum atomic E-state index is -0.315. The summed E-state index contributed by atoms with van der Waals surface area (Å²) in [6.07, 6.45) is 5.27. The Labute approximate surface area is 127 Å². The molecule has 1 aromatic rings. The van der Waals surface area contributed by atoms with Crippen LogP contribution in [0.2, 0.25) is 0 Å². The molecule has 4 heteroatoms. The number of thiazole rings is 1. The number of nitrogens with zero attached hydrogens (tertiary/aromatic N) is 2. The first-order chi connectivity index (χ1) is 9.19. The lowest BCUT2D eigenvalue weighted by atomic mass is 9.87. The van der Waals surface area contributed by atoms with Crippen LogP contribution in [0.3, 0.4) is 0 Å². The van der Waals surface area contributed by atoms with Crippen LogP contribution >= 0.6 is 11.3 Å². The van der Waals surface area contributed by atoms with Gasteiger partial charge in [0.1, 0.15) is 0 Å². The molecular formula is C16H29N3S. The summed E-state index contributed by atoms with van der Waals surface area (Å²) in [5, 5.41) is 1.17. The summed E-state index contributed by atoms with van der Waals surface area (Å²) in [6, 6.07) is 0. The summed E-state index contributed by atoms with van der Waals surface area (Å²) in [5.41, 5.74) is 7.29. The third-order valence-corrected chi connectivity index (χ3v) is 5.24. The molecule has 1 saturated heterocycles. The highest BCUT2D eigenvalue weighted by molar-refractivity contribution is 7.15. The van der Waals surface area contributed by atoms with E-state index in [1.807, 2.05) is 0 Å². The zero-order valence-electron chi connectivity index (χ0n) is 13.6. The first-order valence-corrected chi connectivity index (χ1v) is 8.57. The zero-order chi connectivity index (χ0) is 15.0. The van der Waals surface area contributed by atoms with E-state index >= 15 is 0 Å². The quantitative estimate of drug-likeness (QED) is 0.896. The molecule has 2 N–H and O–H groups in total. The molecule has 20 heavy (non-hydrogen) atoms. The van der Waals surface area contributed by atoms with E-state index in [1.54, 1.807) is 11.3 Å². The van der Waals surface area contributed by atoms with E-state index in [9.17, 15) is 0 Å². The van der Waals surface area contributed by atoms with Crippen LogP contribution in [0.1, 0.15) is 70.9 Å². The molecule has 1 fully saturated rings. The molecule has 0 radical (unpaired) electrons. The van der Waals surface area contributed by atoms with E-state index in [1.165, 1.54) is 41.4 Å². The molecule has 1 aliphatic heterocycles. The highest BCUT2D eigenvalue weighted by Gasteiger charge is 2.31. The van der Waals surface area contributed by atoms with Gasteiger partial charge in [-0.2, -0.15) is 0 Å². The fraction of sp³-hybridized carbons (Fsp3) is 0.812. The van der Waals surface area contributed by atoms with Crippen molar-refractivity contribution in [1.29, 1.82) is 0 Å². The van der Waals surface area contributed by atoms with Crippen molar-refractivity contribution in [2.24, 2.45) is 5.73 Å². The van der Waals surface area contributed by atoms with Crippen molar-refractivity contribution in [2.75, 3.05) is 18.0 Å². The molecule has 3 nitrogen and oxygen atoms in total. The van der Waals surface area contributed by atoms with Gasteiger partial charge in [-0.25, -0.2) is 4.98 Å². The lowest BCUT2D eigenvalue weighted by Crippen LogP contribution is -2.31. The molecule has 0 unspecified atom stereocenters. The Morgan fingerprint density at radius 3 is 1.95 bits per heavy atom. The summed E-state index contributed by atoms with van der Waals surface area (Å²) >= 11 is 1.80. The predicted molar refractivity (Wildman–Crippen MR) is 88.7 cm³/mol. The van der Waals surface area contributed by atoms with Crippen LogP contribution in [0.15, 0.2) is 0 Å². The fourth-order valence-corrected chi connectivity index (χ4v) is 3.99. The standard InChI is InChI=1S/C16H29N3S/c1-15(2,3)12-13(16(4,5)17)20-14(18-12)19-10-8-6-7-9-11-19/h6-11,17H2,1-5H3. The Morgan fingerprint density at radius 1 is 1.00 bits per heavy atom. The molecule has 0 amide bonds. The highest BCUT2D eigenvalue weighted by atomic mass is 32.1. The molecule has 0 aliphatic carbocycles. The maximum atomic E-state index is 6.38. The van der Waals surface area contributed by atoms with Gasteiger partial charge in [-0.3, -0.25) is 0 Å². The normalized spacial score (nSPS) is 18.2. The molecule has 0 spiro atoms. The molecule has 0 aromatic carbocycles. The minimum Gasteiger partial charge on any atom is -0.348 e. The van der Waals surface area contributed by atoms with E-state index in [0.717, 1.165) is 13.1 Å². The average molecular weight is 295 g/mol. The first-order valence-electron chi connectivity index (χ1n) is 7.75. The average Bonchev–Trinajstić information content (AvgIpc) is 2.60. The van der Waals surface area contributed by atoms with E-state index in [0.29, 0.717) is 0 Å². The fourth-order valence-electron chi connectivity index (χ4n) is 2.65. The van der Waals surface area contributed by atoms with E-state index in [4.69, 9.17) is 10.7 Å². The van der Waals surface area contributed by atoms with Crippen LogP contribution in [0.25, 0.3) is 0 Å². The Kier molecular flexibility index (Phi) is 4.45. The van der Waals surface area contributed by atoms with Crippen molar-refractivity contribution < 1.29 is 0 Å². The van der Waals surface area contributed by atoms with Crippen molar-refractivity contribution in [3.63, 3.8) is 0 Å². The van der Waals surface area contributed by atoms with Gasteiger partial charge < -0.3 is 10.6 Å². The molecule has 1 aliphatic rings. The summed E-state index contributed by atoms with van der Waals surface area (Å²) in [6.45, 7) is 13.1. The van der Waals surface area contributed by atoms with Crippen molar-refractivity contribution in [1.82, 2.24) is 4.98 Å². The molecule has 2 heterocycles. The highest BCUT2D eigenvalue weighted by Crippen LogP contribution is 2.39. The Bertz CT molecular complexity index is 412. The van der Waals surface area contributed by atoms with Gasteiger partial charge in [0, 0.05) is 28.9 Å². The topological polar surface area (TPSA) is 42.2 Å². The van der Waals surface area contributed by atoms with E-state index in [-0.39, 0.29) is 11.0 Å². The van der Waals surface area contributed by atoms with Crippen molar-refractivity contribution in [3.8, 4) is 0 Å². The molecule has 0 saturated carbocycles. The summed E-state index contributed by atoms with van der Waals surface area (Å²) in [5.74, 6) is 0. The summed E-state index contributed by atoms with van der Waals surface area (Å²) < 4.78 is 0. The molecular weight excluding hydrogens is 266 g/mol. The van der Waals surface area contributed by atoms with Gasteiger partial charge in [-0.1, -0.05) is 44.9 Å². The molecule has 1 aromatic heterocycles. The maximum Gasteiger partial charge on any atom is 0.185 e. The van der Waals surface area contributed by atoms with Gasteiger partial charge >= 0.3 is 0 Å². The zero-order valence-corrected chi connectivity index (χ0v) is 14.4. The summed E-state index contributed by atoms with van der Waals surface area (Å²) in [7, 11) is 0. The second-order valence-electron chi connectivity index (χ2n) is 7.55. The van der Waals surface area contributed by atoms with Crippen molar-refractivity contribution in [2.45, 2.75) is 71.3 Å². The lowest BCUT2D eigenvalue weighted by molar-refractivity contribution is 0.511. The lowest BCUT2D eigenvalue weighted by Gasteiger charge is -2.24. The van der Waals surface area contributed by atoms with E-state index in [2.05, 4.69) is 39.5 Å². The number of nitrogens with two attached hydrogens (primary N) is 1. The largest absolute Gasteiger partial charge is 0.348 e. The molecule has 0 bridgehead atoms. The molecule has 2 rings (SSSR count). The third kappa shape index (κ3) is 3.53. The van der Waals surface area contributed by atoms with Crippen LogP contribution in [0.4, 0.5) is 5.13 Å². The monoisotopic (exact) mass is 295 g/mol. The minimum absolute atomic E-state index is 0.0482. The van der Waals surface area contributed by atoms with Crippen molar-refractivity contribution in [3.05, 3.63) is 10.6 Å². The smallest absolute Gasteiger partial charge is 0.185 e. The third-order valence-electron chi connectivity index (χ3n) is 3.79. The van der Waals surface area contributed by atoms with Gasteiger partial charge in [0.25, 0.3) is 0 Å². The van der Waals surface area contributed by atoms with Gasteiger partial charge in [-0.05, 0) is 26.7 Å². The Hall–Kier alpha value is -0.610. The van der Waals surface area contributed by atoms with Crippen LogP contribution < -0.4 is 10.6 Å². The Morgan fingerprint density at radius 2 is 1.55 bits per heavy atom. The number of hydrogen-bond donors (Lipinski definition) is 1.